The van der Waals surface area contributed by atoms with E-state index < -0.39 is 5.41 Å². The second-order valence-corrected chi connectivity index (χ2v) is 6.51. The molecule has 0 radical (unpaired) electrons. The monoisotopic (exact) mass is 342 g/mol. The molecule has 2 amide bonds. The van der Waals surface area contributed by atoms with Crippen molar-refractivity contribution < 1.29 is 18.7 Å². The first-order valence-corrected chi connectivity index (χ1v) is 7.90. The number of carbonyl (C=O) groups excluding carboxylic acids is 2. The van der Waals surface area contributed by atoms with Gasteiger partial charge >= 0.3 is 0 Å². The van der Waals surface area contributed by atoms with Gasteiger partial charge in [0.15, 0.2) is 6.61 Å². The van der Waals surface area contributed by atoms with Gasteiger partial charge in [0, 0.05) is 18.4 Å². The molecule has 0 saturated carbocycles. The van der Waals surface area contributed by atoms with Crippen molar-refractivity contribution in [3.05, 3.63) is 53.8 Å². The van der Waals surface area contributed by atoms with Crippen LogP contribution in [-0.4, -0.2) is 25.5 Å². The average molecular weight is 342 g/mol. The van der Waals surface area contributed by atoms with E-state index in [1.807, 2.05) is 26.0 Å². The molecule has 0 saturated heterocycles. The van der Waals surface area contributed by atoms with E-state index in [4.69, 9.17) is 4.74 Å². The summed E-state index contributed by atoms with van der Waals surface area (Å²) in [5, 5.41) is 2.75. The first-order chi connectivity index (χ1) is 11.8. The van der Waals surface area contributed by atoms with Gasteiger partial charge in [-0.05, 0) is 61.9 Å². The van der Waals surface area contributed by atoms with Crippen LogP contribution in [0.5, 0.6) is 5.75 Å². The zero-order valence-corrected chi connectivity index (χ0v) is 14.3. The van der Waals surface area contributed by atoms with Gasteiger partial charge in [0.1, 0.15) is 11.6 Å². The van der Waals surface area contributed by atoms with Crippen LogP contribution < -0.4 is 15.0 Å². The van der Waals surface area contributed by atoms with E-state index >= 15 is 0 Å². The number of benzene rings is 2. The van der Waals surface area contributed by atoms with Crippen molar-refractivity contribution in [1.82, 2.24) is 0 Å². The zero-order chi connectivity index (χ0) is 18.2. The largest absolute Gasteiger partial charge is 0.484 e. The van der Waals surface area contributed by atoms with Gasteiger partial charge in [-0.15, -0.1) is 0 Å². The van der Waals surface area contributed by atoms with E-state index in [0.717, 1.165) is 11.3 Å². The lowest BCUT2D eigenvalue weighted by Crippen LogP contribution is -2.33. The topological polar surface area (TPSA) is 58.6 Å². The van der Waals surface area contributed by atoms with Gasteiger partial charge in [-0.25, -0.2) is 4.39 Å². The summed E-state index contributed by atoms with van der Waals surface area (Å²) in [4.78, 5) is 26.0. The highest BCUT2D eigenvalue weighted by molar-refractivity contribution is 6.07. The molecule has 130 valence electrons. The highest BCUT2D eigenvalue weighted by Crippen LogP contribution is 2.41. The maximum Gasteiger partial charge on any atom is 0.262 e. The number of hydrogen-bond acceptors (Lipinski definition) is 3. The van der Waals surface area contributed by atoms with Gasteiger partial charge in [-0.3, -0.25) is 9.59 Å². The lowest BCUT2D eigenvalue weighted by atomic mass is 9.86. The van der Waals surface area contributed by atoms with Crippen molar-refractivity contribution in [2.75, 3.05) is 23.9 Å². The van der Waals surface area contributed by atoms with Gasteiger partial charge in [-0.1, -0.05) is 0 Å². The molecule has 1 aliphatic rings. The Morgan fingerprint density at radius 3 is 2.56 bits per heavy atom. The van der Waals surface area contributed by atoms with Crippen molar-refractivity contribution in [2.24, 2.45) is 0 Å². The summed E-state index contributed by atoms with van der Waals surface area (Å²) in [6, 6.07) is 10.8. The van der Waals surface area contributed by atoms with Crippen LogP contribution in [0.15, 0.2) is 42.5 Å². The fraction of sp³-hybridized carbons (Fsp3) is 0.263. The van der Waals surface area contributed by atoms with Crippen molar-refractivity contribution in [3.8, 4) is 5.75 Å². The Hall–Kier alpha value is -2.89. The molecule has 2 aromatic rings. The van der Waals surface area contributed by atoms with E-state index in [0.29, 0.717) is 11.4 Å². The van der Waals surface area contributed by atoms with E-state index in [2.05, 4.69) is 5.32 Å². The summed E-state index contributed by atoms with van der Waals surface area (Å²) in [6.07, 6.45) is 0. The average Bonchev–Trinajstić information content (AvgIpc) is 2.75. The number of nitrogens with zero attached hydrogens (tertiary/aromatic N) is 1. The Balaban J connectivity index is 1.68. The van der Waals surface area contributed by atoms with Gasteiger partial charge in [0.25, 0.3) is 5.91 Å². The molecular formula is C19H19FN2O3. The van der Waals surface area contributed by atoms with E-state index in [1.165, 1.54) is 24.3 Å². The Kier molecular flexibility index (Phi) is 4.20. The second kappa shape index (κ2) is 6.20. The molecule has 0 bridgehead atoms. The number of carbonyl (C=O) groups is 2. The number of anilines is 2. The molecule has 1 heterocycles. The van der Waals surface area contributed by atoms with E-state index in [1.54, 1.807) is 18.0 Å². The number of fused-ring (bicyclic) bond motifs is 1. The van der Waals surface area contributed by atoms with E-state index in [-0.39, 0.29) is 24.2 Å². The summed E-state index contributed by atoms with van der Waals surface area (Å²) >= 11 is 0. The van der Waals surface area contributed by atoms with Crippen LogP contribution in [0.4, 0.5) is 15.8 Å². The molecule has 3 rings (SSSR count). The number of likely N-dealkylation sites (N-methyl/N-ethyl adjacent to an activating group) is 1. The fourth-order valence-corrected chi connectivity index (χ4v) is 2.93. The zero-order valence-electron chi connectivity index (χ0n) is 14.3. The first-order valence-electron chi connectivity index (χ1n) is 7.90. The normalized spacial score (nSPS) is 15.0. The molecule has 0 atom stereocenters. The Bertz CT molecular complexity index is 831. The standard InChI is InChI=1S/C19H19FN2O3/c1-19(2)15-10-13(6-9-16(15)22(3)18(19)24)21-17(23)11-25-14-7-4-12(20)5-8-14/h4-10H,11H2,1-3H3,(H,21,23). The van der Waals surface area contributed by atoms with Crippen LogP contribution in [0.2, 0.25) is 0 Å². The number of rotatable bonds is 4. The van der Waals surface area contributed by atoms with Gasteiger partial charge in [0.2, 0.25) is 5.91 Å². The summed E-state index contributed by atoms with van der Waals surface area (Å²) in [6.45, 7) is 3.53. The minimum Gasteiger partial charge on any atom is -0.484 e. The summed E-state index contributed by atoms with van der Waals surface area (Å²) in [5.74, 6) is -0.263. The maximum absolute atomic E-state index is 12.8. The van der Waals surface area contributed by atoms with Crippen LogP contribution >= 0.6 is 0 Å². The SMILES string of the molecule is CN1C(=O)C(C)(C)c2cc(NC(=O)COc3ccc(F)cc3)ccc21. The van der Waals surface area contributed by atoms with Crippen LogP contribution in [0.1, 0.15) is 19.4 Å². The lowest BCUT2D eigenvalue weighted by molar-refractivity contribution is -0.121. The molecule has 0 spiro atoms. The lowest BCUT2D eigenvalue weighted by Gasteiger charge is -2.17. The highest BCUT2D eigenvalue weighted by atomic mass is 19.1. The molecule has 0 fully saturated rings. The minimum absolute atomic E-state index is 0.0191. The van der Waals surface area contributed by atoms with Gasteiger partial charge in [0.05, 0.1) is 5.41 Å². The van der Waals surface area contributed by atoms with Gasteiger partial charge in [-0.2, -0.15) is 0 Å². The third-order valence-electron chi connectivity index (χ3n) is 4.34. The molecule has 0 unspecified atom stereocenters. The van der Waals surface area contributed by atoms with E-state index in [9.17, 15) is 14.0 Å². The van der Waals surface area contributed by atoms with Crippen molar-refractivity contribution in [3.63, 3.8) is 0 Å². The molecule has 6 heteroatoms. The third kappa shape index (κ3) is 3.20. The van der Waals surface area contributed by atoms with Crippen LogP contribution in [0.3, 0.4) is 0 Å². The molecule has 0 aromatic heterocycles. The predicted octanol–water partition coefficient (Wildman–Crippen LogP) is 3.10. The Labute approximate surface area is 145 Å². The van der Waals surface area contributed by atoms with Crippen molar-refractivity contribution >= 4 is 23.2 Å². The number of nitrogens with one attached hydrogen (secondary N) is 1. The quantitative estimate of drug-likeness (QED) is 0.929. The Morgan fingerprint density at radius 2 is 1.88 bits per heavy atom. The van der Waals surface area contributed by atoms with Crippen LogP contribution in [0, 0.1) is 5.82 Å². The second-order valence-electron chi connectivity index (χ2n) is 6.51. The van der Waals surface area contributed by atoms with Gasteiger partial charge < -0.3 is 15.0 Å². The number of hydrogen-bond donors (Lipinski definition) is 1. The first kappa shape index (κ1) is 17.0. The highest BCUT2D eigenvalue weighted by Gasteiger charge is 2.42. The molecule has 1 aliphatic heterocycles. The van der Waals surface area contributed by atoms with Crippen molar-refractivity contribution in [2.45, 2.75) is 19.3 Å². The van der Waals surface area contributed by atoms with Crippen molar-refractivity contribution in [1.29, 1.82) is 0 Å². The summed E-state index contributed by atoms with van der Waals surface area (Å²) in [7, 11) is 1.74. The molecule has 2 aromatic carbocycles. The number of amides is 2. The summed E-state index contributed by atoms with van der Waals surface area (Å²) in [5.41, 5.74) is 1.69. The molecular weight excluding hydrogens is 323 g/mol. The third-order valence-corrected chi connectivity index (χ3v) is 4.34. The predicted molar refractivity (Wildman–Crippen MR) is 93.4 cm³/mol. The molecule has 25 heavy (non-hydrogen) atoms. The Morgan fingerprint density at radius 1 is 1.20 bits per heavy atom. The maximum atomic E-state index is 12.8. The summed E-state index contributed by atoms with van der Waals surface area (Å²) < 4.78 is 18.2. The molecule has 1 N–H and O–H groups in total. The number of halogens is 1. The van der Waals surface area contributed by atoms with Crippen LogP contribution in [-0.2, 0) is 15.0 Å². The molecule has 5 nitrogen and oxygen atoms in total. The number of ether oxygens (including phenoxy) is 1. The minimum atomic E-state index is -0.630. The smallest absolute Gasteiger partial charge is 0.262 e. The molecule has 0 aliphatic carbocycles. The van der Waals surface area contributed by atoms with Crippen LogP contribution in [0.25, 0.3) is 0 Å². The fourth-order valence-electron chi connectivity index (χ4n) is 2.93.